The van der Waals surface area contributed by atoms with Gasteiger partial charge in [0, 0.05) is 44.1 Å². The van der Waals surface area contributed by atoms with Crippen LogP contribution in [0.4, 0.5) is 4.39 Å². The highest BCUT2D eigenvalue weighted by Gasteiger charge is 2.23. The molecule has 126 valence electrons. The summed E-state index contributed by atoms with van der Waals surface area (Å²) in [6.45, 7) is 0. The van der Waals surface area contributed by atoms with Crippen LogP contribution in [0, 0.1) is 17.1 Å². The SMILES string of the molecule is CN(C)/C=C(\C#N)C(=O)C1=Cc2cc(F)c(CS(C)(=O)=O)cc2C1. The van der Waals surface area contributed by atoms with Crippen LogP contribution in [0.1, 0.15) is 16.7 Å². The van der Waals surface area contributed by atoms with Gasteiger partial charge < -0.3 is 4.90 Å². The van der Waals surface area contributed by atoms with Crippen LogP contribution in [0.2, 0.25) is 0 Å². The normalized spacial score (nSPS) is 14.0. The van der Waals surface area contributed by atoms with Gasteiger partial charge in [-0.1, -0.05) is 6.07 Å². The molecule has 0 saturated heterocycles. The third-order valence-corrected chi connectivity index (χ3v) is 4.32. The lowest BCUT2D eigenvalue weighted by atomic mass is 10.0. The predicted molar refractivity (Wildman–Crippen MR) is 89.0 cm³/mol. The topological polar surface area (TPSA) is 78.2 Å². The van der Waals surface area contributed by atoms with Crippen LogP contribution in [0.15, 0.2) is 29.5 Å². The second-order valence-corrected chi connectivity index (χ2v) is 8.15. The number of carbonyl (C=O) groups excluding carboxylic acids is 1. The van der Waals surface area contributed by atoms with Crippen molar-refractivity contribution in [2.45, 2.75) is 12.2 Å². The Morgan fingerprint density at radius 2 is 2.08 bits per heavy atom. The van der Waals surface area contributed by atoms with Crippen LogP contribution in [0.5, 0.6) is 0 Å². The minimum Gasteiger partial charge on any atom is -0.382 e. The number of halogens is 1. The Morgan fingerprint density at radius 1 is 1.42 bits per heavy atom. The van der Waals surface area contributed by atoms with E-state index in [0.717, 1.165) is 6.26 Å². The second kappa shape index (κ2) is 6.57. The Labute approximate surface area is 140 Å². The fourth-order valence-electron chi connectivity index (χ4n) is 2.52. The molecule has 1 aliphatic carbocycles. The summed E-state index contributed by atoms with van der Waals surface area (Å²) in [5.74, 6) is -1.42. The first kappa shape index (κ1) is 17.9. The van der Waals surface area contributed by atoms with Gasteiger partial charge >= 0.3 is 0 Å². The molecule has 2 rings (SSSR count). The Kier molecular flexibility index (Phi) is 4.90. The summed E-state index contributed by atoms with van der Waals surface area (Å²) in [4.78, 5) is 14.0. The molecular formula is C17H17FN2O3S. The highest BCUT2D eigenvalue weighted by atomic mass is 32.2. The molecule has 5 nitrogen and oxygen atoms in total. The van der Waals surface area contributed by atoms with Crippen LogP contribution in [-0.4, -0.2) is 39.5 Å². The summed E-state index contributed by atoms with van der Waals surface area (Å²) in [5.41, 5.74) is 1.69. The standard InChI is InChI=1S/C17H17FN2O3S/c1-20(2)9-15(8-19)17(21)13-4-11-6-14(10-24(3,22)23)16(18)7-12(11)5-13/h5-7,9H,4,10H2,1-3H3/b15-9+. The third kappa shape index (κ3) is 4.09. The van der Waals surface area contributed by atoms with Crippen molar-refractivity contribution in [3.05, 3.63) is 52.0 Å². The van der Waals surface area contributed by atoms with Crippen molar-refractivity contribution >= 4 is 21.7 Å². The van der Waals surface area contributed by atoms with Crippen molar-refractivity contribution < 1.29 is 17.6 Å². The van der Waals surface area contributed by atoms with E-state index in [0.29, 0.717) is 16.7 Å². The van der Waals surface area contributed by atoms with E-state index >= 15 is 0 Å². The lowest BCUT2D eigenvalue weighted by Gasteiger charge is -2.07. The lowest BCUT2D eigenvalue weighted by molar-refractivity contribution is -0.111. The predicted octanol–water partition coefficient (Wildman–Crippen LogP) is 1.85. The summed E-state index contributed by atoms with van der Waals surface area (Å²) in [7, 11) is 0.0478. The van der Waals surface area contributed by atoms with E-state index in [4.69, 9.17) is 5.26 Å². The highest BCUT2D eigenvalue weighted by molar-refractivity contribution is 7.89. The van der Waals surface area contributed by atoms with Gasteiger partial charge in [0.25, 0.3) is 0 Å². The zero-order valence-electron chi connectivity index (χ0n) is 13.6. The molecule has 0 unspecified atom stereocenters. The first-order chi connectivity index (χ1) is 11.1. The van der Waals surface area contributed by atoms with E-state index in [9.17, 15) is 17.6 Å². The monoisotopic (exact) mass is 348 g/mol. The number of benzene rings is 1. The number of nitrogens with zero attached hydrogens (tertiary/aromatic N) is 2. The number of ketones is 1. The number of nitriles is 1. The van der Waals surface area contributed by atoms with Crippen molar-refractivity contribution in [1.82, 2.24) is 4.90 Å². The molecule has 0 radical (unpaired) electrons. The van der Waals surface area contributed by atoms with Gasteiger partial charge in [0.2, 0.25) is 5.78 Å². The van der Waals surface area contributed by atoms with Crippen LogP contribution in [0.25, 0.3) is 6.08 Å². The minimum absolute atomic E-state index is 0.00381. The maximum Gasteiger partial charge on any atom is 0.201 e. The van der Waals surface area contributed by atoms with Crippen molar-refractivity contribution in [3.63, 3.8) is 0 Å². The first-order valence-electron chi connectivity index (χ1n) is 7.13. The summed E-state index contributed by atoms with van der Waals surface area (Å²) in [6, 6.07) is 4.58. The molecule has 24 heavy (non-hydrogen) atoms. The number of Topliss-reactive ketones (excluding diaryl/α,β-unsaturated/α-hetero) is 1. The first-order valence-corrected chi connectivity index (χ1v) is 9.19. The van der Waals surface area contributed by atoms with Gasteiger partial charge in [0.1, 0.15) is 17.5 Å². The summed E-state index contributed by atoms with van der Waals surface area (Å²) in [5, 5.41) is 9.12. The largest absolute Gasteiger partial charge is 0.382 e. The Morgan fingerprint density at radius 3 is 2.62 bits per heavy atom. The van der Waals surface area contributed by atoms with Gasteiger partial charge in [0.15, 0.2) is 9.84 Å². The number of sulfone groups is 1. The number of hydrogen-bond donors (Lipinski definition) is 0. The number of allylic oxidation sites excluding steroid dienone is 2. The van der Waals surface area contributed by atoms with Crippen molar-refractivity contribution in [2.75, 3.05) is 20.4 Å². The second-order valence-electron chi connectivity index (χ2n) is 6.01. The molecular weight excluding hydrogens is 331 g/mol. The van der Waals surface area contributed by atoms with Crippen LogP contribution in [-0.2, 0) is 26.8 Å². The molecule has 1 aromatic carbocycles. The molecule has 0 saturated carbocycles. The van der Waals surface area contributed by atoms with Gasteiger partial charge in [-0.25, -0.2) is 12.8 Å². The van der Waals surface area contributed by atoms with E-state index in [1.54, 1.807) is 25.1 Å². The van der Waals surface area contributed by atoms with Crippen molar-refractivity contribution in [3.8, 4) is 6.07 Å². The molecule has 0 heterocycles. The smallest absolute Gasteiger partial charge is 0.201 e. The molecule has 1 aromatic rings. The van der Waals surface area contributed by atoms with Gasteiger partial charge in [-0.3, -0.25) is 4.79 Å². The van der Waals surface area contributed by atoms with E-state index in [2.05, 4.69) is 0 Å². The zero-order valence-corrected chi connectivity index (χ0v) is 14.4. The van der Waals surface area contributed by atoms with Crippen LogP contribution in [0.3, 0.4) is 0 Å². The number of fused-ring (bicyclic) bond motifs is 1. The average Bonchev–Trinajstić information content (AvgIpc) is 2.85. The van der Waals surface area contributed by atoms with Gasteiger partial charge in [-0.2, -0.15) is 5.26 Å². The quantitative estimate of drug-likeness (QED) is 0.599. The lowest BCUT2D eigenvalue weighted by Crippen LogP contribution is -2.10. The third-order valence-electron chi connectivity index (χ3n) is 3.48. The highest BCUT2D eigenvalue weighted by Crippen LogP contribution is 2.30. The molecule has 0 N–H and O–H groups in total. The molecule has 0 spiro atoms. The Balaban J connectivity index is 2.33. The number of rotatable bonds is 5. The summed E-state index contributed by atoms with van der Waals surface area (Å²) < 4.78 is 36.8. The maximum atomic E-state index is 14.1. The van der Waals surface area contributed by atoms with E-state index < -0.39 is 21.4 Å². The summed E-state index contributed by atoms with van der Waals surface area (Å²) >= 11 is 0. The van der Waals surface area contributed by atoms with Crippen molar-refractivity contribution in [2.24, 2.45) is 0 Å². The Hall–Kier alpha value is -2.46. The van der Waals surface area contributed by atoms with E-state index in [1.807, 2.05) is 6.07 Å². The molecule has 0 aromatic heterocycles. The van der Waals surface area contributed by atoms with E-state index in [-0.39, 0.29) is 23.3 Å². The summed E-state index contributed by atoms with van der Waals surface area (Å²) in [6.07, 6.45) is 4.27. The molecule has 0 bridgehead atoms. The molecule has 0 fully saturated rings. The number of hydrogen-bond acceptors (Lipinski definition) is 5. The Bertz CT molecular complexity index is 906. The van der Waals surface area contributed by atoms with Crippen LogP contribution < -0.4 is 0 Å². The molecule has 0 aliphatic heterocycles. The molecule has 0 atom stereocenters. The van der Waals surface area contributed by atoms with Gasteiger partial charge in [-0.05, 0) is 23.3 Å². The minimum atomic E-state index is -3.36. The average molecular weight is 348 g/mol. The van der Waals surface area contributed by atoms with Gasteiger partial charge in [-0.15, -0.1) is 0 Å². The number of carbonyl (C=O) groups is 1. The van der Waals surface area contributed by atoms with Crippen LogP contribution >= 0.6 is 0 Å². The zero-order chi connectivity index (χ0) is 18.1. The van der Waals surface area contributed by atoms with Crippen molar-refractivity contribution in [1.29, 1.82) is 5.26 Å². The molecule has 0 amide bonds. The maximum absolute atomic E-state index is 14.1. The molecule has 1 aliphatic rings. The fraction of sp³-hybridized carbons (Fsp3) is 0.294. The van der Waals surface area contributed by atoms with E-state index in [1.165, 1.54) is 18.3 Å². The molecule has 7 heteroatoms. The van der Waals surface area contributed by atoms with Gasteiger partial charge in [0.05, 0.1) is 5.75 Å². The fourth-order valence-corrected chi connectivity index (χ4v) is 3.31.